The summed E-state index contributed by atoms with van der Waals surface area (Å²) in [5, 5.41) is 0.995. The highest BCUT2D eigenvalue weighted by atomic mass is 19.1. The van der Waals surface area contributed by atoms with Gasteiger partial charge in [-0.3, -0.25) is 9.88 Å². The van der Waals surface area contributed by atoms with Crippen LogP contribution in [0.5, 0.6) is 5.75 Å². The zero-order valence-corrected chi connectivity index (χ0v) is 22.2. The summed E-state index contributed by atoms with van der Waals surface area (Å²) in [5.74, 6) is -2.10. The van der Waals surface area contributed by atoms with Crippen LogP contribution in [0.25, 0.3) is 10.9 Å². The number of fused-ring (bicyclic) bond motifs is 3. The molecule has 0 saturated carbocycles. The van der Waals surface area contributed by atoms with Gasteiger partial charge in [-0.05, 0) is 51.0 Å². The van der Waals surface area contributed by atoms with Gasteiger partial charge in [0.05, 0.1) is 24.4 Å². The van der Waals surface area contributed by atoms with Crippen molar-refractivity contribution in [1.82, 2.24) is 14.9 Å². The van der Waals surface area contributed by atoms with Crippen molar-refractivity contribution in [1.29, 1.82) is 0 Å². The first-order valence-electron chi connectivity index (χ1n) is 12.7. The van der Waals surface area contributed by atoms with Gasteiger partial charge in [-0.15, -0.1) is 0 Å². The molecular weight excluding hydrogens is 507 g/mol. The van der Waals surface area contributed by atoms with E-state index in [1.807, 2.05) is 36.1 Å². The molecule has 1 aliphatic rings. The maximum atomic E-state index is 15.8. The van der Waals surface area contributed by atoms with E-state index >= 15 is 8.78 Å². The van der Waals surface area contributed by atoms with E-state index < -0.39 is 29.3 Å². The molecule has 3 heterocycles. The number of aromatic amines is 1. The second-order valence-electron chi connectivity index (χ2n) is 10.5. The quantitative estimate of drug-likeness (QED) is 0.281. The van der Waals surface area contributed by atoms with Gasteiger partial charge in [0.15, 0.2) is 0 Å². The monoisotopic (exact) mass is 537 g/mol. The molecule has 0 saturated heterocycles. The summed E-state index contributed by atoms with van der Waals surface area (Å²) in [5.41, 5.74) is 1.52. The number of halogens is 3. The van der Waals surface area contributed by atoms with Crippen molar-refractivity contribution >= 4 is 16.9 Å². The zero-order chi connectivity index (χ0) is 27.9. The second-order valence-corrected chi connectivity index (χ2v) is 10.5. The number of nitrogens with zero attached hydrogens (tertiary/aromatic N) is 2. The van der Waals surface area contributed by atoms with E-state index in [2.05, 4.69) is 14.7 Å². The number of rotatable bonds is 7. The Bertz CT molecular complexity index is 1490. The van der Waals surface area contributed by atoms with Crippen LogP contribution in [0.3, 0.4) is 0 Å². The molecule has 0 bridgehead atoms. The molecule has 2 aromatic carbocycles. The smallest absolute Gasteiger partial charge is 0.339 e. The summed E-state index contributed by atoms with van der Waals surface area (Å²) in [6.07, 6.45) is 1.97. The number of ether oxygens (including phenoxy) is 2. The fourth-order valence-electron chi connectivity index (χ4n) is 5.31. The lowest BCUT2D eigenvalue weighted by atomic mass is 9.87. The molecule has 204 valence electrons. The van der Waals surface area contributed by atoms with Crippen LogP contribution in [-0.2, 0) is 17.8 Å². The van der Waals surface area contributed by atoms with E-state index in [-0.39, 0.29) is 36.1 Å². The SMILES string of the molecule is COC(=O)c1ccc(COc2cc(F)c([C@@H]3c4[nH]c5ccccc5c4C[C@@H](C)N3CC(C)(C)F)c(F)c2)nc1. The third kappa shape index (κ3) is 5.36. The number of para-hydroxylation sites is 1. The molecule has 2 atom stereocenters. The van der Waals surface area contributed by atoms with E-state index in [0.29, 0.717) is 17.8 Å². The highest BCUT2D eigenvalue weighted by molar-refractivity contribution is 5.88. The molecule has 0 unspecified atom stereocenters. The Morgan fingerprint density at radius 1 is 1.15 bits per heavy atom. The molecular formula is C30H30F3N3O3. The van der Waals surface area contributed by atoms with Crippen LogP contribution >= 0.6 is 0 Å². The summed E-state index contributed by atoms with van der Waals surface area (Å²) in [6, 6.07) is 12.1. The maximum absolute atomic E-state index is 15.8. The fourth-order valence-corrected chi connectivity index (χ4v) is 5.31. The van der Waals surface area contributed by atoms with Crippen LogP contribution in [0.2, 0.25) is 0 Å². The van der Waals surface area contributed by atoms with Gasteiger partial charge >= 0.3 is 5.97 Å². The summed E-state index contributed by atoms with van der Waals surface area (Å²) < 4.78 is 56.8. The Morgan fingerprint density at radius 2 is 1.87 bits per heavy atom. The number of aromatic nitrogens is 2. The molecule has 0 amide bonds. The van der Waals surface area contributed by atoms with Crippen molar-refractivity contribution in [3.8, 4) is 5.75 Å². The number of pyridine rings is 1. The van der Waals surface area contributed by atoms with E-state index in [9.17, 15) is 9.18 Å². The Kier molecular flexibility index (Phi) is 7.11. The van der Waals surface area contributed by atoms with Crippen molar-refractivity contribution in [2.24, 2.45) is 0 Å². The molecule has 1 aliphatic heterocycles. The Balaban J connectivity index is 1.49. The fraction of sp³-hybridized carbons (Fsp3) is 0.333. The summed E-state index contributed by atoms with van der Waals surface area (Å²) in [6.45, 7) is 4.82. The first kappa shape index (κ1) is 26.7. The van der Waals surface area contributed by atoms with Gasteiger partial charge in [0.2, 0.25) is 0 Å². The van der Waals surface area contributed by atoms with Crippen LogP contribution in [-0.4, -0.2) is 46.2 Å². The van der Waals surface area contributed by atoms with Crippen LogP contribution in [0.1, 0.15) is 59.7 Å². The largest absolute Gasteiger partial charge is 0.487 e. The van der Waals surface area contributed by atoms with E-state index in [4.69, 9.17) is 4.74 Å². The average Bonchev–Trinajstić information content (AvgIpc) is 3.26. The molecule has 2 aromatic heterocycles. The lowest BCUT2D eigenvalue weighted by molar-refractivity contribution is 0.0600. The third-order valence-electron chi connectivity index (χ3n) is 7.03. The predicted molar refractivity (Wildman–Crippen MR) is 141 cm³/mol. The third-order valence-corrected chi connectivity index (χ3v) is 7.03. The summed E-state index contributed by atoms with van der Waals surface area (Å²) >= 11 is 0. The average molecular weight is 538 g/mol. The summed E-state index contributed by atoms with van der Waals surface area (Å²) in [7, 11) is 1.27. The number of benzene rings is 2. The van der Waals surface area contributed by atoms with Gasteiger partial charge in [0, 0.05) is 53.1 Å². The molecule has 0 fully saturated rings. The summed E-state index contributed by atoms with van der Waals surface area (Å²) in [4.78, 5) is 20.9. The highest BCUT2D eigenvalue weighted by Gasteiger charge is 2.41. The van der Waals surface area contributed by atoms with Crippen LogP contribution in [0.4, 0.5) is 13.2 Å². The molecule has 4 aromatic rings. The number of alkyl halides is 1. The van der Waals surface area contributed by atoms with Gasteiger partial charge in [-0.25, -0.2) is 18.0 Å². The molecule has 0 radical (unpaired) electrons. The number of H-pyrrole nitrogens is 1. The number of hydrogen-bond donors (Lipinski definition) is 1. The highest BCUT2D eigenvalue weighted by Crippen LogP contribution is 2.43. The van der Waals surface area contributed by atoms with E-state index in [1.54, 1.807) is 6.07 Å². The lowest BCUT2D eigenvalue weighted by Crippen LogP contribution is -2.48. The molecule has 39 heavy (non-hydrogen) atoms. The number of hydrogen-bond acceptors (Lipinski definition) is 5. The predicted octanol–water partition coefficient (Wildman–Crippen LogP) is 6.29. The molecule has 5 rings (SSSR count). The zero-order valence-electron chi connectivity index (χ0n) is 22.2. The standard InChI is InChI=1S/C30H30F3N3O3/c1-17-11-22-21-7-5-6-8-25(21)35-27(22)28(36(17)16-30(2,3)33)26-23(31)12-20(13-24(26)32)39-15-19-10-9-18(14-34-19)29(37)38-4/h5-10,12-14,17,28,35H,11,15-16H2,1-4H3/t17-,28-/m1/s1. The first-order valence-corrected chi connectivity index (χ1v) is 12.7. The topological polar surface area (TPSA) is 67.5 Å². The van der Waals surface area contributed by atoms with Crippen molar-refractivity contribution in [3.63, 3.8) is 0 Å². The van der Waals surface area contributed by atoms with Crippen molar-refractivity contribution < 1.29 is 27.4 Å². The number of carbonyl (C=O) groups is 1. The van der Waals surface area contributed by atoms with Crippen LogP contribution in [0, 0.1) is 11.6 Å². The molecule has 1 N–H and O–H groups in total. The van der Waals surface area contributed by atoms with E-state index in [1.165, 1.54) is 33.2 Å². The number of esters is 1. The number of methoxy groups -OCH3 is 1. The Morgan fingerprint density at radius 3 is 2.51 bits per heavy atom. The maximum Gasteiger partial charge on any atom is 0.339 e. The van der Waals surface area contributed by atoms with Crippen molar-refractivity contribution in [3.05, 3.63) is 94.4 Å². The van der Waals surface area contributed by atoms with Crippen LogP contribution in [0.15, 0.2) is 54.7 Å². The minimum atomic E-state index is -1.58. The van der Waals surface area contributed by atoms with Gasteiger partial charge in [-0.2, -0.15) is 0 Å². The minimum absolute atomic E-state index is 0.00198. The normalized spacial score (nSPS) is 17.7. The van der Waals surface area contributed by atoms with Crippen molar-refractivity contribution in [2.75, 3.05) is 13.7 Å². The molecule has 9 heteroatoms. The molecule has 0 spiro atoms. The minimum Gasteiger partial charge on any atom is -0.487 e. The van der Waals surface area contributed by atoms with Gasteiger partial charge in [-0.1, -0.05) is 18.2 Å². The number of carbonyl (C=O) groups excluding carboxylic acids is 1. The molecule has 0 aliphatic carbocycles. The van der Waals surface area contributed by atoms with Gasteiger partial charge < -0.3 is 14.5 Å². The Hall–Kier alpha value is -3.85. The van der Waals surface area contributed by atoms with Crippen LogP contribution < -0.4 is 4.74 Å². The first-order chi connectivity index (χ1) is 18.6. The van der Waals surface area contributed by atoms with Gasteiger partial charge in [0.25, 0.3) is 0 Å². The number of nitrogens with one attached hydrogen (secondary N) is 1. The van der Waals surface area contributed by atoms with E-state index in [0.717, 1.165) is 28.6 Å². The van der Waals surface area contributed by atoms with Crippen molar-refractivity contribution in [2.45, 2.75) is 51.6 Å². The Labute approximate surface area is 224 Å². The lowest BCUT2D eigenvalue weighted by Gasteiger charge is -2.43. The molecule has 6 nitrogen and oxygen atoms in total. The second kappa shape index (κ2) is 10.4. The van der Waals surface area contributed by atoms with Gasteiger partial charge in [0.1, 0.15) is 29.7 Å².